The number of rotatable bonds is 7. The fourth-order valence-electron chi connectivity index (χ4n) is 2.60. The van der Waals surface area contributed by atoms with Crippen LogP contribution in [0.5, 0.6) is 11.5 Å². The molecule has 0 amide bonds. The second-order valence-corrected chi connectivity index (χ2v) is 5.30. The van der Waals surface area contributed by atoms with E-state index in [1.165, 1.54) is 0 Å². The number of piperidine rings is 1. The second-order valence-electron chi connectivity index (χ2n) is 5.30. The van der Waals surface area contributed by atoms with Crippen molar-refractivity contribution >= 4 is 5.84 Å². The topological polar surface area (TPSA) is 71.6 Å². The van der Waals surface area contributed by atoms with E-state index in [4.69, 9.17) is 20.6 Å². The third kappa shape index (κ3) is 4.63. The van der Waals surface area contributed by atoms with Crippen molar-refractivity contribution in [2.45, 2.75) is 19.8 Å². The fraction of sp³-hybridized carbons (Fsp3) is 0.562. The van der Waals surface area contributed by atoms with Crippen LogP contribution in [0.2, 0.25) is 0 Å². The minimum Gasteiger partial charge on any atom is -0.490 e. The number of amidine groups is 1. The zero-order valence-corrected chi connectivity index (χ0v) is 12.7. The highest BCUT2D eigenvalue weighted by molar-refractivity contribution is 5.79. The highest BCUT2D eigenvalue weighted by atomic mass is 16.5. The lowest BCUT2D eigenvalue weighted by Gasteiger charge is -2.31. The standard InChI is InChI=1S/C16H25N3O2/c1-2-20-14-5-3-4-6-15(14)21-12-11-19-9-7-13(8-10-19)16(17)18/h3-6,13H,2,7-12H2,1H3,(H3,17,18). The lowest BCUT2D eigenvalue weighted by molar-refractivity contribution is 0.168. The van der Waals surface area contributed by atoms with Gasteiger partial charge in [-0.1, -0.05) is 12.1 Å². The van der Waals surface area contributed by atoms with Gasteiger partial charge in [0.05, 0.1) is 12.4 Å². The van der Waals surface area contributed by atoms with E-state index >= 15 is 0 Å². The Bertz CT molecular complexity index is 457. The van der Waals surface area contributed by atoms with Gasteiger partial charge in [-0.05, 0) is 45.0 Å². The Balaban J connectivity index is 1.74. The average Bonchev–Trinajstić information content (AvgIpc) is 2.50. The van der Waals surface area contributed by atoms with Gasteiger partial charge in [0, 0.05) is 12.5 Å². The Hall–Kier alpha value is -1.75. The maximum atomic E-state index is 7.49. The summed E-state index contributed by atoms with van der Waals surface area (Å²) in [5, 5.41) is 7.49. The summed E-state index contributed by atoms with van der Waals surface area (Å²) < 4.78 is 11.4. The predicted octanol–water partition coefficient (Wildman–Crippen LogP) is 2.11. The van der Waals surface area contributed by atoms with Crippen LogP contribution in [0.15, 0.2) is 24.3 Å². The van der Waals surface area contributed by atoms with Gasteiger partial charge < -0.3 is 15.2 Å². The quantitative estimate of drug-likeness (QED) is 0.596. The van der Waals surface area contributed by atoms with Gasteiger partial charge in [0.1, 0.15) is 6.61 Å². The van der Waals surface area contributed by atoms with Crippen molar-refractivity contribution in [2.24, 2.45) is 11.7 Å². The van der Waals surface area contributed by atoms with Crippen LogP contribution >= 0.6 is 0 Å². The molecule has 0 atom stereocenters. The molecule has 5 heteroatoms. The maximum Gasteiger partial charge on any atom is 0.161 e. The first-order chi connectivity index (χ1) is 10.2. The average molecular weight is 291 g/mol. The monoisotopic (exact) mass is 291 g/mol. The molecule has 1 aliphatic rings. The number of hydrogen-bond acceptors (Lipinski definition) is 4. The summed E-state index contributed by atoms with van der Waals surface area (Å²) in [4.78, 5) is 2.36. The van der Waals surface area contributed by atoms with Gasteiger partial charge in [-0.3, -0.25) is 10.3 Å². The van der Waals surface area contributed by atoms with Crippen molar-refractivity contribution in [2.75, 3.05) is 32.8 Å². The van der Waals surface area contributed by atoms with E-state index in [1.807, 2.05) is 31.2 Å². The highest BCUT2D eigenvalue weighted by Crippen LogP contribution is 2.26. The first kappa shape index (κ1) is 15.6. The summed E-state index contributed by atoms with van der Waals surface area (Å²) in [6, 6.07) is 7.77. The van der Waals surface area contributed by atoms with E-state index in [0.717, 1.165) is 44.0 Å². The molecule has 0 aliphatic carbocycles. The second kappa shape index (κ2) is 7.88. The highest BCUT2D eigenvalue weighted by Gasteiger charge is 2.20. The molecule has 21 heavy (non-hydrogen) atoms. The summed E-state index contributed by atoms with van der Waals surface area (Å²) in [5.74, 6) is 2.20. The Morgan fingerprint density at radius 3 is 2.43 bits per heavy atom. The first-order valence-electron chi connectivity index (χ1n) is 7.61. The number of ether oxygens (including phenoxy) is 2. The molecule has 1 aromatic carbocycles. The number of likely N-dealkylation sites (tertiary alicyclic amines) is 1. The van der Waals surface area contributed by atoms with Crippen molar-refractivity contribution < 1.29 is 9.47 Å². The number of benzene rings is 1. The summed E-state index contributed by atoms with van der Waals surface area (Å²) in [5.41, 5.74) is 5.56. The van der Waals surface area contributed by atoms with Gasteiger partial charge >= 0.3 is 0 Å². The molecule has 1 fully saturated rings. The third-order valence-electron chi connectivity index (χ3n) is 3.84. The van der Waals surface area contributed by atoms with Crippen LogP contribution in [0.3, 0.4) is 0 Å². The van der Waals surface area contributed by atoms with Crippen molar-refractivity contribution in [1.82, 2.24) is 4.90 Å². The SMILES string of the molecule is CCOc1ccccc1OCCN1CCC(C(=N)N)CC1. The molecule has 0 bridgehead atoms. The van der Waals surface area contributed by atoms with Crippen molar-refractivity contribution in [1.29, 1.82) is 5.41 Å². The predicted molar refractivity (Wildman–Crippen MR) is 84.2 cm³/mol. The molecule has 1 aromatic rings. The van der Waals surface area contributed by atoms with Gasteiger partial charge in [0.15, 0.2) is 11.5 Å². The first-order valence-corrected chi connectivity index (χ1v) is 7.61. The van der Waals surface area contributed by atoms with Crippen LogP contribution < -0.4 is 15.2 Å². The molecule has 0 saturated carbocycles. The summed E-state index contributed by atoms with van der Waals surface area (Å²) >= 11 is 0. The summed E-state index contributed by atoms with van der Waals surface area (Å²) in [6.45, 7) is 6.12. The zero-order valence-electron chi connectivity index (χ0n) is 12.7. The van der Waals surface area contributed by atoms with E-state index in [-0.39, 0.29) is 5.92 Å². The molecule has 116 valence electrons. The zero-order chi connectivity index (χ0) is 15.1. The van der Waals surface area contributed by atoms with Crippen LogP contribution in [0.1, 0.15) is 19.8 Å². The molecule has 0 radical (unpaired) electrons. The number of hydrogen-bond donors (Lipinski definition) is 2. The molecule has 1 aliphatic heterocycles. The molecule has 2 rings (SSSR count). The number of nitrogens with two attached hydrogens (primary N) is 1. The van der Waals surface area contributed by atoms with Crippen LogP contribution in [0.25, 0.3) is 0 Å². The largest absolute Gasteiger partial charge is 0.490 e. The Morgan fingerprint density at radius 1 is 1.24 bits per heavy atom. The molecule has 0 aromatic heterocycles. The van der Waals surface area contributed by atoms with E-state index in [9.17, 15) is 0 Å². The fourth-order valence-corrected chi connectivity index (χ4v) is 2.60. The number of nitrogens with zero attached hydrogens (tertiary/aromatic N) is 1. The van der Waals surface area contributed by atoms with E-state index in [0.29, 0.717) is 19.0 Å². The molecule has 1 heterocycles. The Morgan fingerprint density at radius 2 is 1.86 bits per heavy atom. The van der Waals surface area contributed by atoms with Crippen LogP contribution in [-0.2, 0) is 0 Å². The van der Waals surface area contributed by atoms with Gasteiger partial charge in [-0.2, -0.15) is 0 Å². The summed E-state index contributed by atoms with van der Waals surface area (Å²) in [6.07, 6.45) is 1.95. The summed E-state index contributed by atoms with van der Waals surface area (Å²) in [7, 11) is 0. The van der Waals surface area contributed by atoms with Crippen molar-refractivity contribution in [3.8, 4) is 11.5 Å². The van der Waals surface area contributed by atoms with Gasteiger partial charge in [0.25, 0.3) is 0 Å². The normalized spacial score (nSPS) is 16.6. The maximum absolute atomic E-state index is 7.49. The molecule has 5 nitrogen and oxygen atoms in total. The van der Waals surface area contributed by atoms with E-state index in [2.05, 4.69) is 4.90 Å². The molecular weight excluding hydrogens is 266 g/mol. The van der Waals surface area contributed by atoms with Crippen molar-refractivity contribution in [3.63, 3.8) is 0 Å². The van der Waals surface area contributed by atoms with E-state index < -0.39 is 0 Å². The van der Waals surface area contributed by atoms with Crippen LogP contribution in [0, 0.1) is 11.3 Å². The minimum absolute atomic E-state index is 0.265. The molecular formula is C16H25N3O2. The Labute approximate surface area is 126 Å². The van der Waals surface area contributed by atoms with Gasteiger partial charge in [-0.25, -0.2) is 0 Å². The van der Waals surface area contributed by atoms with Crippen LogP contribution in [-0.4, -0.2) is 43.6 Å². The van der Waals surface area contributed by atoms with E-state index in [1.54, 1.807) is 0 Å². The molecule has 3 N–H and O–H groups in total. The van der Waals surface area contributed by atoms with Gasteiger partial charge in [-0.15, -0.1) is 0 Å². The third-order valence-corrected chi connectivity index (χ3v) is 3.84. The lowest BCUT2D eigenvalue weighted by Crippen LogP contribution is -2.40. The lowest BCUT2D eigenvalue weighted by atomic mass is 9.96. The number of para-hydroxylation sites is 2. The van der Waals surface area contributed by atoms with Crippen molar-refractivity contribution in [3.05, 3.63) is 24.3 Å². The molecule has 1 saturated heterocycles. The van der Waals surface area contributed by atoms with Gasteiger partial charge in [0.2, 0.25) is 0 Å². The molecule has 0 unspecified atom stereocenters. The Kier molecular flexibility index (Phi) is 5.87. The van der Waals surface area contributed by atoms with Crippen LogP contribution in [0.4, 0.5) is 0 Å². The smallest absolute Gasteiger partial charge is 0.161 e. The number of nitrogens with one attached hydrogen (secondary N) is 1. The molecule has 0 spiro atoms. The minimum atomic E-state index is 0.265.